The van der Waals surface area contributed by atoms with Crippen LogP contribution in [0.15, 0.2) is 11.6 Å². The Morgan fingerprint density at radius 1 is 0.750 bits per heavy atom. The second-order valence-electron chi connectivity index (χ2n) is 23.6. The third kappa shape index (κ3) is 7.50. The quantitative estimate of drug-likeness (QED) is 0.123. The summed E-state index contributed by atoms with van der Waals surface area (Å²) < 4.78 is 30.5. The van der Waals surface area contributed by atoms with E-state index in [0.29, 0.717) is 18.3 Å². The summed E-state index contributed by atoms with van der Waals surface area (Å²) in [6, 6.07) is 0. The number of aliphatic hydroxyl groups is 9. The number of aliphatic hydroxyl groups excluding tert-OH is 9. The molecule has 7 fully saturated rings. The Kier molecular flexibility index (Phi) is 13.0. The predicted molar refractivity (Wildman–Crippen MR) is 228 cm³/mol. The number of carboxylic acid groups (broad SMARTS) is 1. The molecule has 10 N–H and O–H groups in total. The van der Waals surface area contributed by atoms with E-state index in [-0.39, 0.29) is 58.7 Å². The van der Waals surface area contributed by atoms with Crippen molar-refractivity contribution in [3.8, 4) is 0 Å². The topological polar surface area (TPSA) is 266 Å². The van der Waals surface area contributed by atoms with Crippen molar-refractivity contribution in [1.82, 2.24) is 0 Å². The van der Waals surface area contributed by atoms with Gasteiger partial charge in [-0.25, -0.2) is 4.79 Å². The van der Waals surface area contributed by atoms with E-state index in [0.717, 1.165) is 51.4 Å². The van der Waals surface area contributed by atoms with Crippen molar-refractivity contribution in [2.24, 2.45) is 56.2 Å². The molecule has 64 heavy (non-hydrogen) atoms. The highest BCUT2D eigenvalue weighted by Crippen LogP contribution is 2.76. The molecular weight excluding hydrogens is 833 g/mol. The lowest BCUT2D eigenvalue weighted by molar-refractivity contribution is -0.339. The van der Waals surface area contributed by atoms with Gasteiger partial charge in [0, 0.05) is 16.7 Å². The van der Waals surface area contributed by atoms with Crippen LogP contribution in [-0.4, -0.2) is 162 Å². The minimum Gasteiger partial charge on any atom is -0.479 e. The van der Waals surface area contributed by atoms with Gasteiger partial charge in [-0.2, -0.15) is 0 Å². The molecule has 8 rings (SSSR count). The van der Waals surface area contributed by atoms with Crippen LogP contribution in [-0.2, 0) is 28.5 Å². The number of aliphatic carboxylic acids is 1. The largest absolute Gasteiger partial charge is 0.479 e. The Morgan fingerprint density at radius 2 is 1.45 bits per heavy atom. The standard InChI is InChI=1S/C48H78O16/c1-22-32(52)35(55)37(57)42(61-22)63-38-27(60-20-26(50)34(38)54)17-23-33(53)36(56)39(40(58)59)64-41(23)62-31-12-13-45(5)28(46(31,6)21-49)11-14-48(8)29(45)10-9-24-25-18-43(2,3)19-30(51)44(25,4)15-16-47(24,48)7/h9,22-23,25-39,41-42,49-57H,10-21H2,1-8H3,(H,58,59). The zero-order chi connectivity index (χ0) is 46.9. The first-order valence-electron chi connectivity index (χ1n) is 24.0. The lowest BCUT2D eigenvalue weighted by Crippen LogP contribution is -2.67. The van der Waals surface area contributed by atoms with E-state index in [9.17, 15) is 55.9 Å². The Balaban J connectivity index is 1.06. The summed E-state index contributed by atoms with van der Waals surface area (Å²) in [6.07, 6.45) is -10.9. The average Bonchev–Trinajstić information content (AvgIpc) is 3.22. The summed E-state index contributed by atoms with van der Waals surface area (Å²) >= 11 is 0. The Labute approximate surface area is 377 Å². The summed E-state index contributed by atoms with van der Waals surface area (Å²) in [5.74, 6) is -2.10. The molecule has 16 nitrogen and oxygen atoms in total. The minimum absolute atomic E-state index is 0.00762. The van der Waals surface area contributed by atoms with Gasteiger partial charge in [0.25, 0.3) is 0 Å². The Morgan fingerprint density at radius 3 is 2.12 bits per heavy atom. The number of hydrogen-bond donors (Lipinski definition) is 10. The van der Waals surface area contributed by atoms with Crippen LogP contribution in [0.25, 0.3) is 0 Å². The van der Waals surface area contributed by atoms with Crippen LogP contribution < -0.4 is 0 Å². The zero-order valence-corrected chi connectivity index (χ0v) is 39.0. The van der Waals surface area contributed by atoms with E-state index < -0.39 is 103 Å². The maximum atomic E-state index is 12.5. The van der Waals surface area contributed by atoms with Crippen molar-refractivity contribution < 1.29 is 79.5 Å². The molecule has 0 amide bonds. The Bertz CT molecular complexity index is 1760. The molecule has 0 spiro atoms. The number of carboxylic acids is 1. The molecule has 16 heteroatoms. The van der Waals surface area contributed by atoms with Crippen LogP contribution >= 0.6 is 0 Å². The number of ether oxygens (including phenoxy) is 5. The van der Waals surface area contributed by atoms with E-state index in [4.69, 9.17) is 23.7 Å². The highest BCUT2D eigenvalue weighted by atomic mass is 16.7. The number of fused-ring (bicyclic) bond motifs is 7. The van der Waals surface area contributed by atoms with E-state index in [1.165, 1.54) is 12.5 Å². The third-order valence-electron chi connectivity index (χ3n) is 19.7. The van der Waals surface area contributed by atoms with Crippen LogP contribution in [0.1, 0.15) is 120 Å². The van der Waals surface area contributed by atoms with Gasteiger partial charge < -0.3 is 74.7 Å². The normalized spacial score (nSPS) is 56.1. The van der Waals surface area contributed by atoms with E-state index in [2.05, 4.69) is 47.6 Å². The molecular formula is C48H78O16. The van der Waals surface area contributed by atoms with Crippen molar-refractivity contribution >= 4 is 5.97 Å². The summed E-state index contributed by atoms with van der Waals surface area (Å²) in [5, 5.41) is 109. The first-order valence-corrected chi connectivity index (χ1v) is 24.0. The number of allylic oxidation sites excluding steroid dienone is 2. The molecule has 0 aromatic carbocycles. The molecule has 0 radical (unpaired) electrons. The van der Waals surface area contributed by atoms with Crippen LogP contribution in [0.4, 0.5) is 0 Å². The smallest absolute Gasteiger partial charge is 0.335 e. The minimum atomic E-state index is -1.89. The van der Waals surface area contributed by atoms with E-state index >= 15 is 0 Å². The van der Waals surface area contributed by atoms with Crippen LogP contribution in [0.5, 0.6) is 0 Å². The van der Waals surface area contributed by atoms with Crippen molar-refractivity contribution in [3.05, 3.63) is 11.6 Å². The summed E-state index contributed by atoms with van der Waals surface area (Å²) in [6.45, 7) is 17.1. The second kappa shape index (κ2) is 17.0. The summed E-state index contributed by atoms with van der Waals surface area (Å²) in [4.78, 5) is 12.5. The molecule has 3 saturated heterocycles. The maximum absolute atomic E-state index is 12.5. The van der Waals surface area contributed by atoms with Crippen LogP contribution in [0.3, 0.4) is 0 Å². The number of rotatable bonds is 8. The molecule has 4 saturated carbocycles. The van der Waals surface area contributed by atoms with Crippen molar-refractivity contribution in [2.45, 2.75) is 212 Å². The van der Waals surface area contributed by atoms with Gasteiger partial charge in [-0.1, -0.05) is 60.1 Å². The first-order chi connectivity index (χ1) is 29.8. The molecule has 24 atom stereocenters. The van der Waals surface area contributed by atoms with Gasteiger partial charge in [-0.3, -0.25) is 0 Å². The van der Waals surface area contributed by atoms with Gasteiger partial charge in [-0.05, 0) is 111 Å². The second-order valence-corrected chi connectivity index (χ2v) is 23.6. The molecule has 3 aliphatic heterocycles. The molecule has 366 valence electrons. The fourth-order valence-corrected chi connectivity index (χ4v) is 15.4. The molecule has 0 aromatic rings. The summed E-state index contributed by atoms with van der Waals surface area (Å²) in [7, 11) is 0. The molecule has 0 aromatic heterocycles. The molecule has 3 heterocycles. The molecule has 8 aliphatic rings. The van der Waals surface area contributed by atoms with Crippen LogP contribution in [0.2, 0.25) is 0 Å². The first kappa shape index (κ1) is 49.1. The third-order valence-corrected chi connectivity index (χ3v) is 19.7. The van der Waals surface area contributed by atoms with Crippen molar-refractivity contribution in [2.75, 3.05) is 13.2 Å². The number of hydrogen-bond acceptors (Lipinski definition) is 15. The van der Waals surface area contributed by atoms with Gasteiger partial charge in [0.15, 0.2) is 18.7 Å². The van der Waals surface area contributed by atoms with Crippen LogP contribution in [0, 0.1) is 56.2 Å². The maximum Gasteiger partial charge on any atom is 0.335 e. The highest BCUT2D eigenvalue weighted by Gasteiger charge is 2.70. The predicted octanol–water partition coefficient (Wildman–Crippen LogP) is 2.01. The highest BCUT2D eigenvalue weighted by molar-refractivity contribution is 5.73. The van der Waals surface area contributed by atoms with Gasteiger partial charge in [-0.15, -0.1) is 0 Å². The number of carbonyl (C=O) groups is 1. The SMILES string of the molecule is CC1OC(OC2C(CC3C(OC4CCC5(C)C(CCC6(C)C5CC=C5C7CC(C)(C)CC(O)C7(C)CCC56C)C4(C)CO)OC(C(=O)O)C(O)C3O)OCC(O)C2O)C(O)C(O)C1O. The fraction of sp³-hybridized carbons (Fsp3) is 0.938. The molecule has 5 aliphatic carbocycles. The molecule has 0 bridgehead atoms. The van der Waals surface area contributed by atoms with Gasteiger partial charge in [0.1, 0.15) is 42.7 Å². The van der Waals surface area contributed by atoms with Gasteiger partial charge >= 0.3 is 5.97 Å². The van der Waals surface area contributed by atoms with Crippen molar-refractivity contribution in [3.63, 3.8) is 0 Å². The van der Waals surface area contributed by atoms with Gasteiger partial charge in [0.2, 0.25) is 0 Å². The average molecular weight is 911 g/mol. The monoisotopic (exact) mass is 911 g/mol. The Hall–Kier alpha value is -1.35. The zero-order valence-electron chi connectivity index (χ0n) is 39.0. The van der Waals surface area contributed by atoms with Crippen molar-refractivity contribution in [1.29, 1.82) is 0 Å². The van der Waals surface area contributed by atoms with Gasteiger partial charge in [0.05, 0.1) is 43.7 Å². The molecule has 24 unspecified atom stereocenters. The fourth-order valence-electron chi connectivity index (χ4n) is 15.4. The van der Waals surface area contributed by atoms with E-state index in [1.54, 1.807) is 0 Å². The lowest BCUT2D eigenvalue weighted by Gasteiger charge is -2.72. The lowest BCUT2D eigenvalue weighted by atomic mass is 9.33. The summed E-state index contributed by atoms with van der Waals surface area (Å²) in [5.41, 5.74) is 0.249. The van der Waals surface area contributed by atoms with E-state index in [1.807, 2.05) is 6.92 Å².